The maximum absolute atomic E-state index is 12.4. The number of furan rings is 1. The Bertz CT molecular complexity index is 804. The highest BCUT2D eigenvalue weighted by atomic mass is 35.5. The van der Waals surface area contributed by atoms with Crippen molar-refractivity contribution in [1.82, 2.24) is 20.0 Å². The molecule has 29 heavy (non-hydrogen) atoms. The predicted molar refractivity (Wildman–Crippen MR) is 111 cm³/mol. The molecule has 1 aromatic carbocycles. The van der Waals surface area contributed by atoms with Gasteiger partial charge in [0.05, 0.1) is 25.9 Å². The highest BCUT2D eigenvalue weighted by Gasteiger charge is 2.21. The molecule has 0 saturated carbocycles. The van der Waals surface area contributed by atoms with Crippen LogP contribution in [-0.4, -0.2) is 72.8 Å². The fourth-order valence-corrected chi connectivity index (χ4v) is 3.48. The topological polar surface area (TPSA) is 69.0 Å². The number of rotatable bonds is 8. The van der Waals surface area contributed by atoms with E-state index in [0.29, 0.717) is 18.8 Å². The van der Waals surface area contributed by atoms with E-state index in [9.17, 15) is 9.59 Å². The highest BCUT2D eigenvalue weighted by Crippen LogP contribution is 2.14. The lowest BCUT2D eigenvalue weighted by molar-refractivity contribution is -0.136. The largest absolute Gasteiger partial charge is 0.467 e. The molecule has 0 aliphatic carbocycles. The van der Waals surface area contributed by atoms with Crippen LogP contribution in [0.15, 0.2) is 47.1 Å². The van der Waals surface area contributed by atoms with Crippen LogP contribution in [0, 0.1) is 0 Å². The third kappa shape index (κ3) is 6.88. The molecule has 2 amide bonds. The van der Waals surface area contributed by atoms with Crippen molar-refractivity contribution in [3.05, 3.63) is 59.0 Å². The van der Waals surface area contributed by atoms with Gasteiger partial charge in [0.15, 0.2) is 0 Å². The Morgan fingerprint density at radius 3 is 2.59 bits per heavy atom. The minimum absolute atomic E-state index is 0.0360. The molecule has 1 saturated heterocycles. The second-order valence-corrected chi connectivity index (χ2v) is 7.72. The molecule has 1 fully saturated rings. The molecule has 3 rings (SSSR count). The van der Waals surface area contributed by atoms with E-state index in [2.05, 4.69) is 21.2 Å². The summed E-state index contributed by atoms with van der Waals surface area (Å²) < 4.78 is 5.18. The van der Waals surface area contributed by atoms with Crippen LogP contribution >= 0.6 is 11.6 Å². The molecule has 8 heteroatoms. The number of hydrogen-bond donors (Lipinski definition) is 1. The van der Waals surface area contributed by atoms with Gasteiger partial charge >= 0.3 is 0 Å². The van der Waals surface area contributed by atoms with Crippen LogP contribution < -0.4 is 5.32 Å². The molecule has 156 valence electrons. The number of piperazine rings is 1. The molecule has 0 spiro atoms. The van der Waals surface area contributed by atoms with Gasteiger partial charge in [-0.2, -0.15) is 0 Å². The van der Waals surface area contributed by atoms with E-state index in [1.54, 1.807) is 25.4 Å². The second-order valence-electron chi connectivity index (χ2n) is 7.29. The maximum atomic E-state index is 12.4. The fourth-order valence-electron chi connectivity index (χ4n) is 3.27. The second kappa shape index (κ2) is 10.4. The monoisotopic (exact) mass is 418 g/mol. The molecular formula is C21H27ClN4O3. The SMILES string of the molecule is CN(CC(=O)NCc1ccco1)C(=O)CN1CCN(Cc2cccc(Cl)c2)CC1. The average Bonchev–Trinajstić information content (AvgIpc) is 3.21. The first-order valence-electron chi connectivity index (χ1n) is 9.72. The van der Waals surface area contributed by atoms with E-state index in [4.69, 9.17) is 16.0 Å². The molecular weight excluding hydrogens is 392 g/mol. The van der Waals surface area contributed by atoms with Crippen LogP contribution in [-0.2, 0) is 22.7 Å². The number of carbonyl (C=O) groups is 2. The van der Waals surface area contributed by atoms with Crippen molar-refractivity contribution >= 4 is 23.4 Å². The van der Waals surface area contributed by atoms with E-state index in [0.717, 1.165) is 37.7 Å². The van der Waals surface area contributed by atoms with Crippen molar-refractivity contribution in [2.45, 2.75) is 13.1 Å². The van der Waals surface area contributed by atoms with Crippen molar-refractivity contribution in [2.75, 3.05) is 46.3 Å². The van der Waals surface area contributed by atoms with Gasteiger partial charge in [0.2, 0.25) is 11.8 Å². The normalized spacial score (nSPS) is 15.2. The molecule has 7 nitrogen and oxygen atoms in total. The third-order valence-corrected chi connectivity index (χ3v) is 5.20. The van der Waals surface area contributed by atoms with E-state index in [1.165, 1.54) is 10.5 Å². The van der Waals surface area contributed by atoms with Crippen molar-refractivity contribution < 1.29 is 14.0 Å². The van der Waals surface area contributed by atoms with Gasteiger partial charge in [-0.05, 0) is 29.8 Å². The van der Waals surface area contributed by atoms with E-state index in [1.807, 2.05) is 18.2 Å². The number of nitrogens with zero attached hydrogens (tertiary/aromatic N) is 3. The number of nitrogens with one attached hydrogen (secondary N) is 1. The summed E-state index contributed by atoms with van der Waals surface area (Å²) in [4.78, 5) is 30.4. The highest BCUT2D eigenvalue weighted by molar-refractivity contribution is 6.30. The minimum Gasteiger partial charge on any atom is -0.467 e. The van der Waals surface area contributed by atoms with Crippen molar-refractivity contribution in [3.63, 3.8) is 0 Å². The summed E-state index contributed by atoms with van der Waals surface area (Å²) in [6.07, 6.45) is 1.56. The lowest BCUT2D eigenvalue weighted by Gasteiger charge is -2.35. The Morgan fingerprint density at radius 1 is 1.14 bits per heavy atom. The molecule has 1 aliphatic rings. The first-order valence-corrected chi connectivity index (χ1v) is 10.1. The zero-order chi connectivity index (χ0) is 20.6. The first-order chi connectivity index (χ1) is 14.0. The van der Waals surface area contributed by atoms with Crippen LogP contribution in [0.2, 0.25) is 5.02 Å². The third-order valence-electron chi connectivity index (χ3n) is 4.97. The number of amides is 2. The molecule has 1 aromatic heterocycles. The summed E-state index contributed by atoms with van der Waals surface area (Å²) in [6.45, 7) is 4.98. The number of likely N-dealkylation sites (N-methyl/N-ethyl adjacent to an activating group) is 1. The van der Waals surface area contributed by atoms with Crippen molar-refractivity contribution in [2.24, 2.45) is 0 Å². The Hall–Kier alpha value is -2.35. The Kier molecular flexibility index (Phi) is 7.69. The molecule has 2 heterocycles. The van der Waals surface area contributed by atoms with Gasteiger partial charge in [-0.25, -0.2) is 0 Å². The summed E-state index contributed by atoms with van der Waals surface area (Å²) in [5.41, 5.74) is 1.20. The van der Waals surface area contributed by atoms with Gasteiger partial charge in [-0.3, -0.25) is 19.4 Å². The minimum atomic E-state index is -0.205. The van der Waals surface area contributed by atoms with E-state index in [-0.39, 0.29) is 18.4 Å². The van der Waals surface area contributed by atoms with Crippen molar-refractivity contribution in [3.8, 4) is 0 Å². The zero-order valence-corrected chi connectivity index (χ0v) is 17.4. The molecule has 1 aliphatic heterocycles. The van der Waals surface area contributed by atoms with E-state index >= 15 is 0 Å². The number of carbonyl (C=O) groups excluding carboxylic acids is 2. The Labute approximate surface area is 176 Å². The van der Waals surface area contributed by atoms with Gasteiger partial charge in [-0.1, -0.05) is 23.7 Å². The first kappa shape index (κ1) is 21.4. The quantitative estimate of drug-likeness (QED) is 0.708. The molecule has 2 aromatic rings. The number of benzene rings is 1. The summed E-state index contributed by atoms with van der Waals surface area (Å²) in [6, 6.07) is 11.5. The fraction of sp³-hybridized carbons (Fsp3) is 0.429. The smallest absolute Gasteiger partial charge is 0.239 e. The van der Waals surface area contributed by atoms with Crippen LogP contribution in [0.3, 0.4) is 0 Å². The molecule has 0 unspecified atom stereocenters. The van der Waals surface area contributed by atoms with Crippen LogP contribution in [0.25, 0.3) is 0 Å². The number of hydrogen-bond acceptors (Lipinski definition) is 5. The van der Waals surface area contributed by atoms with Gasteiger partial charge in [0, 0.05) is 44.8 Å². The van der Waals surface area contributed by atoms with E-state index < -0.39 is 0 Å². The lowest BCUT2D eigenvalue weighted by atomic mass is 10.2. The lowest BCUT2D eigenvalue weighted by Crippen LogP contribution is -2.50. The molecule has 0 bridgehead atoms. The van der Waals surface area contributed by atoms with Crippen molar-refractivity contribution in [1.29, 1.82) is 0 Å². The summed E-state index contributed by atoms with van der Waals surface area (Å²) >= 11 is 6.05. The molecule has 0 atom stereocenters. The maximum Gasteiger partial charge on any atom is 0.239 e. The van der Waals surface area contributed by atoms with Crippen LogP contribution in [0.4, 0.5) is 0 Å². The van der Waals surface area contributed by atoms with Crippen LogP contribution in [0.1, 0.15) is 11.3 Å². The standard InChI is InChI=1S/C21H27ClN4O3/c1-24(15-20(27)23-13-19-6-3-11-29-19)21(28)16-26-9-7-25(8-10-26)14-17-4-2-5-18(22)12-17/h2-6,11-12H,7-10,13-16H2,1H3,(H,23,27). The predicted octanol–water partition coefficient (Wildman–Crippen LogP) is 1.83. The zero-order valence-electron chi connectivity index (χ0n) is 16.6. The van der Waals surface area contributed by atoms with Crippen LogP contribution in [0.5, 0.6) is 0 Å². The van der Waals surface area contributed by atoms with Gasteiger partial charge in [0.25, 0.3) is 0 Å². The Morgan fingerprint density at radius 2 is 1.90 bits per heavy atom. The number of halogens is 1. The van der Waals surface area contributed by atoms with Gasteiger partial charge in [0.1, 0.15) is 5.76 Å². The summed E-state index contributed by atoms with van der Waals surface area (Å²) in [5, 5.41) is 3.50. The van der Waals surface area contributed by atoms with Gasteiger partial charge < -0.3 is 14.6 Å². The summed E-state index contributed by atoms with van der Waals surface area (Å²) in [5.74, 6) is 0.424. The van der Waals surface area contributed by atoms with Gasteiger partial charge in [-0.15, -0.1) is 0 Å². The summed E-state index contributed by atoms with van der Waals surface area (Å²) in [7, 11) is 1.66. The Balaban J connectivity index is 1.35. The molecule has 0 radical (unpaired) electrons. The average molecular weight is 419 g/mol. The molecule has 1 N–H and O–H groups in total.